The number of carbonyl (C=O) groups excluding carboxylic acids is 1. The normalized spacial score (nSPS) is 30.9. The molecule has 2 rings (SSSR count). The molecule has 1 saturated heterocycles. The molecule has 0 aromatic heterocycles. The number of carboxylic acids is 1. The number of amides is 1. The summed E-state index contributed by atoms with van der Waals surface area (Å²) in [4.78, 5) is 23.4. The van der Waals surface area contributed by atoms with Gasteiger partial charge in [0.05, 0.1) is 6.04 Å². The zero-order valence-corrected chi connectivity index (χ0v) is 12.0. The monoisotopic (exact) mass is 286 g/mol. The lowest BCUT2D eigenvalue weighted by atomic mass is 9.93. The fourth-order valence-corrected chi connectivity index (χ4v) is 3.70. The quantitative estimate of drug-likeness (QED) is 0.670. The molecule has 3 N–H and O–H groups in total. The molecule has 19 heavy (non-hydrogen) atoms. The molecule has 1 aliphatic heterocycles. The highest BCUT2D eigenvalue weighted by Gasteiger charge is 2.42. The van der Waals surface area contributed by atoms with E-state index in [1.807, 2.05) is 6.26 Å². The molecule has 2 fully saturated rings. The molecule has 0 aromatic carbocycles. The summed E-state index contributed by atoms with van der Waals surface area (Å²) < 4.78 is 0. The van der Waals surface area contributed by atoms with E-state index >= 15 is 0 Å². The van der Waals surface area contributed by atoms with E-state index < -0.39 is 12.0 Å². The maximum Gasteiger partial charge on any atom is 0.326 e. The van der Waals surface area contributed by atoms with E-state index in [0.717, 1.165) is 18.7 Å². The van der Waals surface area contributed by atoms with Crippen molar-refractivity contribution in [1.82, 2.24) is 10.6 Å². The predicted molar refractivity (Wildman–Crippen MR) is 75.2 cm³/mol. The fraction of sp³-hybridized carbons (Fsp3) is 0.846. The number of hydrogen-bond acceptors (Lipinski definition) is 4. The van der Waals surface area contributed by atoms with Gasteiger partial charge in [-0.2, -0.15) is 11.8 Å². The highest BCUT2D eigenvalue weighted by atomic mass is 32.2. The van der Waals surface area contributed by atoms with Crippen LogP contribution < -0.4 is 10.6 Å². The Morgan fingerprint density at radius 3 is 2.95 bits per heavy atom. The third-order valence-electron chi connectivity index (χ3n) is 4.25. The van der Waals surface area contributed by atoms with Crippen molar-refractivity contribution < 1.29 is 14.7 Å². The van der Waals surface area contributed by atoms with Crippen molar-refractivity contribution in [2.75, 3.05) is 18.6 Å². The number of carbonyl (C=O) groups is 2. The molecule has 6 heteroatoms. The Hall–Kier alpha value is -0.750. The van der Waals surface area contributed by atoms with Crippen molar-refractivity contribution in [3.63, 3.8) is 0 Å². The highest BCUT2D eigenvalue weighted by molar-refractivity contribution is 7.98. The summed E-state index contributed by atoms with van der Waals surface area (Å²) in [6.45, 7) is 0.894. The fourth-order valence-electron chi connectivity index (χ4n) is 3.23. The van der Waals surface area contributed by atoms with Gasteiger partial charge in [-0.25, -0.2) is 4.79 Å². The molecule has 0 radical (unpaired) electrons. The van der Waals surface area contributed by atoms with Crippen LogP contribution in [-0.2, 0) is 9.59 Å². The molecule has 1 saturated carbocycles. The van der Waals surface area contributed by atoms with Crippen LogP contribution in [0.4, 0.5) is 0 Å². The largest absolute Gasteiger partial charge is 0.480 e. The van der Waals surface area contributed by atoms with Crippen LogP contribution in [0.5, 0.6) is 0 Å². The van der Waals surface area contributed by atoms with E-state index in [1.54, 1.807) is 11.8 Å². The number of carboxylic acid groups (broad SMARTS) is 1. The van der Waals surface area contributed by atoms with Crippen LogP contribution in [0.2, 0.25) is 0 Å². The minimum absolute atomic E-state index is 0.136. The van der Waals surface area contributed by atoms with E-state index in [4.69, 9.17) is 5.11 Å². The van der Waals surface area contributed by atoms with Crippen LogP contribution in [0, 0.1) is 11.8 Å². The van der Waals surface area contributed by atoms with Gasteiger partial charge in [-0.15, -0.1) is 0 Å². The van der Waals surface area contributed by atoms with E-state index in [9.17, 15) is 9.59 Å². The molecule has 108 valence electrons. The molecule has 1 aliphatic carbocycles. The van der Waals surface area contributed by atoms with Crippen molar-refractivity contribution in [1.29, 1.82) is 0 Å². The van der Waals surface area contributed by atoms with E-state index in [2.05, 4.69) is 10.6 Å². The van der Waals surface area contributed by atoms with Crippen LogP contribution in [0.15, 0.2) is 0 Å². The first-order valence-electron chi connectivity index (χ1n) is 6.89. The van der Waals surface area contributed by atoms with Crippen molar-refractivity contribution in [3.05, 3.63) is 0 Å². The Bertz CT molecular complexity index is 351. The second-order valence-corrected chi connectivity index (χ2v) is 6.41. The zero-order chi connectivity index (χ0) is 13.8. The third-order valence-corrected chi connectivity index (χ3v) is 4.90. The molecule has 3 unspecified atom stereocenters. The number of hydrogen-bond donors (Lipinski definition) is 3. The third kappa shape index (κ3) is 3.42. The summed E-state index contributed by atoms with van der Waals surface area (Å²) in [5.74, 6) is 0.660. The highest BCUT2D eigenvalue weighted by Crippen LogP contribution is 2.37. The Balaban J connectivity index is 1.90. The zero-order valence-electron chi connectivity index (χ0n) is 11.2. The van der Waals surface area contributed by atoms with Crippen LogP contribution in [0.1, 0.15) is 25.7 Å². The Labute approximate surface area is 117 Å². The lowest BCUT2D eigenvalue weighted by molar-refractivity contribution is -0.142. The lowest BCUT2D eigenvalue weighted by Crippen LogP contribution is -2.50. The minimum atomic E-state index is -0.941. The van der Waals surface area contributed by atoms with Gasteiger partial charge in [0.25, 0.3) is 0 Å². The minimum Gasteiger partial charge on any atom is -0.480 e. The number of fused-ring (bicyclic) bond motifs is 1. The SMILES string of the molecule is CSCC[C@H](NC(=O)C1NCC2CCCC21)C(=O)O. The maximum absolute atomic E-state index is 12.2. The van der Waals surface area contributed by atoms with Crippen LogP contribution in [0.3, 0.4) is 0 Å². The van der Waals surface area contributed by atoms with E-state index in [1.165, 1.54) is 12.8 Å². The summed E-state index contributed by atoms with van der Waals surface area (Å²) >= 11 is 1.59. The molecule has 0 bridgehead atoms. The van der Waals surface area contributed by atoms with Crippen molar-refractivity contribution in [3.8, 4) is 0 Å². The van der Waals surface area contributed by atoms with Gasteiger partial charge < -0.3 is 15.7 Å². The Morgan fingerprint density at radius 2 is 2.26 bits per heavy atom. The van der Waals surface area contributed by atoms with E-state index in [-0.39, 0.29) is 11.9 Å². The molecule has 0 spiro atoms. The molecule has 1 heterocycles. The van der Waals surface area contributed by atoms with Crippen molar-refractivity contribution in [2.45, 2.75) is 37.8 Å². The summed E-state index contributed by atoms with van der Waals surface area (Å²) in [5, 5.41) is 15.1. The maximum atomic E-state index is 12.2. The number of thioether (sulfide) groups is 1. The van der Waals surface area contributed by atoms with Gasteiger partial charge in [-0.1, -0.05) is 6.42 Å². The average molecular weight is 286 g/mol. The Kier molecular flexibility index (Phi) is 5.10. The first-order chi connectivity index (χ1) is 9.13. The van der Waals surface area contributed by atoms with Gasteiger partial charge in [0.1, 0.15) is 6.04 Å². The van der Waals surface area contributed by atoms with Gasteiger partial charge in [0, 0.05) is 0 Å². The first-order valence-corrected chi connectivity index (χ1v) is 8.28. The molecule has 4 atom stereocenters. The second-order valence-electron chi connectivity index (χ2n) is 5.42. The van der Waals surface area contributed by atoms with Gasteiger partial charge >= 0.3 is 5.97 Å². The first kappa shape index (κ1) is 14.7. The number of rotatable bonds is 6. The van der Waals surface area contributed by atoms with E-state index in [0.29, 0.717) is 18.3 Å². The molecular weight excluding hydrogens is 264 g/mol. The van der Waals surface area contributed by atoms with Gasteiger partial charge in [0.2, 0.25) is 5.91 Å². The van der Waals surface area contributed by atoms with Gasteiger partial charge in [-0.05, 0) is 49.7 Å². The molecule has 5 nitrogen and oxygen atoms in total. The summed E-state index contributed by atoms with van der Waals surface area (Å²) in [6, 6.07) is -0.953. The van der Waals surface area contributed by atoms with Crippen LogP contribution >= 0.6 is 11.8 Å². The van der Waals surface area contributed by atoms with Gasteiger partial charge in [0.15, 0.2) is 0 Å². The van der Waals surface area contributed by atoms with Crippen molar-refractivity contribution in [2.24, 2.45) is 11.8 Å². The topological polar surface area (TPSA) is 78.4 Å². The smallest absolute Gasteiger partial charge is 0.326 e. The molecule has 1 amide bonds. The Morgan fingerprint density at radius 1 is 1.47 bits per heavy atom. The predicted octanol–water partition coefficient (Wildman–Crippen LogP) is 0.697. The summed E-state index contributed by atoms with van der Waals surface area (Å²) in [5.41, 5.74) is 0. The lowest BCUT2D eigenvalue weighted by Gasteiger charge is -2.21. The molecule has 0 aromatic rings. The van der Waals surface area contributed by atoms with Crippen LogP contribution in [-0.4, -0.2) is 47.6 Å². The molecule has 2 aliphatic rings. The number of nitrogens with one attached hydrogen (secondary N) is 2. The summed E-state index contributed by atoms with van der Waals surface area (Å²) in [7, 11) is 0. The molecular formula is C13H22N2O3S. The second kappa shape index (κ2) is 6.61. The standard InChI is InChI=1S/C13H22N2O3S/c1-19-6-5-10(13(17)18)15-12(16)11-9-4-2-3-8(9)7-14-11/h8-11,14H,2-7H2,1H3,(H,15,16)(H,17,18)/t8?,9?,10-,11?/m0/s1. The van der Waals surface area contributed by atoms with Gasteiger partial charge in [-0.3, -0.25) is 4.79 Å². The number of aliphatic carboxylic acids is 1. The van der Waals surface area contributed by atoms with Crippen molar-refractivity contribution >= 4 is 23.6 Å². The van der Waals surface area contributed by atoms with Crippen LogP contribution in [0.25, 0.3) is 0 Å². The summed E-state index contributed by atoms with van der Waals surface area (Å²) in [6.07, 6.45) is 5.87. The average Bonchev–Trinajstić information content (AvgIpc) is 2.95.